The molecule has 0 amide bonds. The lowest BCUT2D eigenvalue weighted by Gasteiger charge is -2.19. The summed E-state index contributed by atoms with van der Waals surface area (Å²) in [6.07, 6.45) is 3.42. The molecule has 0 spiro atoms. The van der Waals surface area contributed by atoms with E-state index in [1.807, 2.05) is 25.1 Å². The Kier molecular flexibility index (Phi) is 6.14. The van der Waals surface area contributed by atoms with Crippen LogP contribution in [0.25, 0.3) is 0 Å². The van der Waals surface area contributed by atoms with Crippen LogP contribution in [-0.4, -0.2) is 23.2 Å². The Morgan fingerprint density at radius 3 is 2.86 bits per heavy atom. The standard InChI is InChI=1S/C21H23ClN5OP/c1-3-28-29(2)27-19-10-9-17-12-15(19)8-7-14-5-4-6-16(11-14)25-21-23-13-18(22)20(24-17)26-21/h4-6,9-13,27H,3,7-8H2,1-2H3,(H2,23,24,25,26). The van der Waals surface area contributed by atoms with Gasteiger partial charge in [-0.15, -0.1) is 0 Å². The maximum atomic E-state index is 6.33. The number of rotatable bonds is 4. The molecule has 3 aromatic rings. The maximum Gasteiger partial charge on any atom is 0.229 e. The average molecular weight is 428 g/mol. The number of nitrogens with one attached hydrogen (secondary N) is 3. The van der Waals surface area contributed by atoms with Crippen molar-refractivity contribution in [1.29, 1.82) is 0 Å². The predicted octanol–water partition coefficient (Wildman–Crippen LogP) is 6.11. The molecule has 2 heterocycles. The van der Waals surface area contributed by atoms with Gasteiger partial charge < -0.3 is 20.2 Å². The fourth-order valence-electron chi connectivity index (χ4n) is 3.25. The third kappa shape index (κ3) is 4.96. The smallest absolute Gasteiger partial charge is 0.229 e. The molecule has 29 heavy (non-hydrogen) atoms. The van der Waals surface area contributed by atoms with E-state index in [-0.39, 0.29) is 0 Å². The second-order valence-electron chi connectivity index (χ2n) is 6.74. The molecule has 8 heteroatoms. The maximum absolute atomic E-state index is 6.33. The first-order valence-corrected chi connectivity index (χ1v) is 11.6. The van der Waals surface area contributed by atoms with Crippen molar-refractivity contribution >= 4 is 48.7 Å². The molecule has 1 aliphatic rings. The van der Waals surface area contributed by atoms with Crippen molar-refractivity contribution in [3.05, 3.63) is 64.8 Å². The molecule has 1 aliphatic heterocycles. The van der Waals surface area contributed by atoms with Gasteiger partial charge in [0, 0.05) is 17.1 Å². The van der Waals surface area contributed by atoms with Gasteiger partial charge in [-0.2, -0.15) is 4.98 Å². The van der Waals surface area contributed by atoms with Crippen LogP contribution in [0.4, 0.5) is 28.8 Å². The lowest BCUT2D eigenvalue weighted by atomic mass is 10.0. The molecular weight excluding hydrogens is 405 g/mol. The summed E-state index contributed by atoms with van der Waals surface area (Å²) in [5, 5.41) is 10.6. The van der Waals surface area contributed by atoms with Crippen LogP contribution in [0, 0.1) is 0 Å². The number of anilines is 5. The number of hydrogen-bond donors (Lipinski definition) is 3. The fourth-order valence-corrected chi connectivity index (χ4v) is 4.39. The minimum Gasteiger partial charge on any atom is -0.343 e. The molecule has 0 saturated carbocycles. The first-order chi connectivity index (χ1) is 14.1. The van der Waals surface area contributed by atoms with Crippen LogP contribution in [0.2, 0.25) is 5.02 Å². The summed E-state index contributed by atoms with van der Waals surface area (Å²) in [4.78, 5) is 8.83. The molecule has 4 rings (SSSR count). The van der Waals surface area contributed by atoms with E-state index >= 15 is 0 Å². The minimum atomic E-state index is -0.720. The van der Waals surface area contributed by atoms with E-state index in [9.17, 15) is 0 Å². The van der Waals surface area contributed by atoms with Gasteiger partial charge in [-0.1, -0.05) is 23.7 Å². The Balaban J connectivity index is 1.74. The Bertz CT molecular complexity index is 1020. The molecule has 150 valence electrons. The summed E-state index contributed by atoms with van der Waals surface area (Å²) in [5.74, 6) is 1.07. The first kappa shape index (κ1) is 19.9. The third-order valence-corrected chi connectivity index (χ3v) is 6.06. The van der Waals surface area contributed by atoms with Crippen molar-refractivity contribution in [2.75, 3.05) is 29.0 Å². The van der Waals surface area contributed by atoms with Gasteiger partial charge in [0.2, 0.25) is 5.95 Å². The van der Waals surface area contributed by atoms with E-state index in [2.05, 4.69) is 56.6 Å². The molecule has 1 aromatic heterocycles. The van der Waals surface area contributed by atoms with Crippen LogP contribution in [-0.2, 0) is 17.4 Å². The quantitative estimate of drug-likeness (QED) is 0.436. The molecule has 1 atom stereocenters. The molecule has 3 N–H and O–H groups in total. The van der Waals surface area contributed by atoms with Crippen molar-refractivity contribution in [3.63, 3.8) is 0 Å². The van der Waals surface area contributed by atoms with Crippen molar-refractivity contribution < 1.29 is 4.52 Å². The molecule has 2 aromatic carbocycles. The molecule has 0 saturated heterocycles. The second-order valence-corrected chi connectivity index (χ2v) is 8.62. The van der Waals surface area contributed by atoms with Crippen LogP contribution in [0.5, 0.6) is 0 Å². The van der Waals surface area contributed by atoms with E-state index < -0.39 is 8.30 Å². The second kappa shape index (κ2) is 8.95. The van der Waals surface area contributed by atoms with Gasteiger partial charge in [0.15, 0.2) is 5.82 Å². The summed E-state index contributed by atoms with van der Waals surface area (Å²) < 4.78 is 5.72. The zero-order chi connectivity index (χ0) is 20.2. The van der Waals surface area contributed by atoms with Gasteiger partial charge in [0.1, 0.15) is 13.3 Å². The highest BCUT2D eigenvalue weighted by Gasteiger charge is 2.12. The molecule has 6 nitrogen and oxygen atoms in total. The van der Waals surface area contributed by atoms with Crippen LogP contribution >= 0.6 is 19.9 Å². The molecule has 1 unspecified atom stereocenters. The topological polar surface area (TPSA) is 71.1 Å². The minimum absolute atomic E-state index is 0.469. The van der Waals surface area contributed by atoms with E-state index in [0.29, 0.717) is 23.4 Å². The number of nitrogens with zero attached hydrogens (tertiary/aromatic N) is 2. The Morgan fingerprint density at radius 2 is 2.00 bits per heavy atom. The molecule has 0 aliphatic carbocycles. The number of hydrogen-bond acceptors (Lipinski definition) is 6. The Labute approximate surface area is 177 Å². The van der Waals surface area contributed by atoms with Crippen LogP contribution in [0.1, 0.15) is 18.1 Å². The zero-order valence-electron chi connectivity index (χ0n) is 16.4. The number of benzene rings is 2. The van der Waals surface area contributed by atoms with E-state index in [4.69, 9.17) is 16.1 Å². The van der Waals surface area contributed by atoms with Gasteiger partial charge in [0.25, 0.3) is 0 Å². The van der Waals surface area contributed by atoms with Crippen molar-refractivity contribution in [2.45, 2.75) is 19.8 Å². The zero-order valence-corrected chi connectivity index (χ0v) is 18.0. The lowest BCUT2D eigenvalue weighted by Crippen LogP contribution is -2.03. The van der Waals surface area contributed by atoms with E-state index in [0.717, 1.165) is 29.9 Å². The number of aromatic nitrogens is 2. The molecular formula is C21H23ClN5OP. The fraction of sp³-hybridized carbons (Fsp3) is 0.238. The van der Waals surface area contributed by atoms with Gasteiger partial charge in [-0.25, -0.2) is 4.98 Å². The van der Waals surface area contributed by atoms with Crippen molar-refractivity contribution in [1.82, 2.24) is 9.97 Å². The van der Waals surface area contributed by atoms with Crippen LogP contribution in [0.3, 0.4) is 0 Å². The highest BCUT2D eigenvalue weighted by molar-refractivity contribution is 7.53. The van der Waals surface area contributed by atoms with Crippen molar-refractivity contribution in [3.8, 4) is 0 Å². The van der Waals surface area contributed by atoms with Gasteiger partial charge in [0.05, 0.1) is 12.8 Å². The summed E-state index contributed by atoms with van der Waals surface area (Å²) in [6.45, 7) is 4.78. The Hall–Kier alpha value is -2.40. The van der Waals surface area contributed by atoms with Gasteiger partial charge in [-0.3, -0.25) is 0 Å². The summed E-state index contributed by atoms with van der Waals surface area (Å²) in [5.41, 5.74) is 5.44. The predicted molar refractivity (Wildman–Crippen MR) is 122 cm³/mol. The van der Waals surface area contributed by atoms with Gasteiger partial charge >= 0.3 is 0 Å². The normalized spacial score (nSPS) is 13.8. The number of halogens is 1. The van der Waals surface area contributed by atoms with E-state index in [1.165, 1.54) is 11.1 Å². The monoisotopic (exact) mass is 427 g/mol. The largest absolute Gasteiger partial charge is 0.343 e. The van der Waals surface area contributed by atoms with Gasteiger partial charge in [-0.05, 0) is 67.9 Å². The first-order valence-electron chi connectivity index (χ1n) is 9.52. The van der Waals surface area contributed by atoms with Crippen LogP contribution < -0.4 is 15.7 Å². The lowest BCUT2D eigenvalue weighted by molar-refractivity contribution is 0.383. The SMILES string of the molecule is CCOP(C)Nc1ccc2cc1CCc1cccc(c1)Nc1ncc(Cl)c(n1)N2. The molecule has 6 bridgehead atoms. The highest BCUT2D eigenvalue weighted by atomic mass is 35.5. The molecule has 0 radical (unpaired) electrons. The number of aryl methyl sites for hydroxylation is 2. The summed E-state index contributed by atoms with van der Waals surface area (Å²) in [6, 6.07) is 14.6. The summed E-state index contributed by atoms with van der Waals surface area (Å²) >= 11 is 6.33. The third-order valence-electron chi connectivity index (χ3n) is 4.58. The summed E-state index contributed by atoms with van der Waals surface area (Å²) in [7, 11) is -0.720. The molecule has 0 fully saturated rings. The average Bonchev–Trinajstić information content (AvgIpc) is 2.71. The van der Waals surface area contributed by atoms with E-state index in [1.54, 1.807) is 6.20 Å². The van der Waals surface area contributed by atoms with Crippen LogP contribution in [0.15, 0.2) is 48.7 Å². The Morgan fingerprint density at radius 1 is 1.14 bits per heavy atom. The van der Waals surface area contributed by atoms with Crippen molar-refractivity contribution in [2.24, 2.45) is 0 Å². The number of fused-ring (bicyclic) bond motifs is 6. The highest BCUT2D eigenvalue weighted by Crippen LogP contribution is 2.36.